The molecule has 1 aromatic rings. The highest BCUT2D eigenvalue weighted by molar-refractivity contribution is 5.98. The third-order valence-corrected chi connectivity index (χ3v) is 4.00. The number of urea groups is 1. The molecule has 0 radical (unpaired) electrons. The molecule has 0 bridgehead atoms. The molecule has 3 amide bonds. The van der Waals surface area contributed by atoms with Crippen LogP contribution in [-0.2, 0) is 9.53 Å². The fourth-order valence-corrected chi connectivity index (χ4v) is 2.65. The van der Waals surface area contributed by atoms with Crippen molar-refractivity contribution >= 4 is 17.9 Å². The van der Waals surface area contributed by atoms with Crippen LogP contribution in [0.5, 0.6) is 0 Å². The van der Waals surface area contributed by atoms with Crippen molar-refractivity contribution in [2.24, 2.45) is 0 Å². The molecule has 1 atom stereocenters. The molecule has 8 heteroatoms. The number of ether oxygens (including phenoxy) is 1. The van der Waals surface area contributed by atoms with E-state index in [0.717, 1.165) is 50.3 Å². The van der Waals surface area contributed by atoms with E-state index in [1.807, 2.05) is 0 Å². The third kappa shape index (κ3) is 5.23. The quantitative estimate of drug-likeness (QED) is 0.814. The monoisotopic (exact) mass is 354 g/mol. The average molecular weight is 354 g/mol. The number of benzene rings is 1. The Balaban J connectivity index is 1.87. The predicted octanol–water partition coefficient (Wildman–Crippen LogP) is 2.67. The minimum absolute atomic E-state index is 0.00640. The summed E-state index contributed by atoms with van der Waals surface area (Å²) < 4.78 is 31.8. The van der Waals surface area contributed by atoms with Crippen molar-refractivity contribution < 1.29 is 27.9 Å². The number of amides is 3. The summed E-state index contributed by atoms with van der Waals surface area (Å²) in [5, 5.41) is 4.74. The van der Waals surface area contributed by atoms with Gasteiger partial charge in [0.05, 0.1) is 0 Å². The summed E-state index contributed by atoms with van der Waals surface area (Å²) in [4.78, 5) is 35.5. The van der Waals surface area contributed by atoms with Gasteiger partial charge >= 0.3 is 12.0 Å². The molecule has 6 nitrogen and oxygen atoms in total. The van der Waals surface area contributed by atoms with Crippen LogP contribution in [0.2, 0.25) is 0 Å². The first-order chi connectivity index (χ1) is 11.9. The highest BCUT2D eigenvalue weighted by Crippen LogP contribution is 2.17. The van der Waals surface area contributed by atoms with Crippen LogP contribution >= 0.6 is 0 Å². The first-order valence-corrected chi connectivity index (χ1v) is 8.15. The second-order valence-corrected chi connectivity index (χ2v) is 5.94. The van der Waals surface area contributed by atoms with Gasteiger partial charge in [-0.05, 0) is 31.9 Å². The van der Waals surface area contributed by atoms with Crippen LogP contribution in [0.3, 0.4) is 0 Å². The Morgan fingerprint density at radius 1 is 1.12 bits per heavy atom. The summed E-state index contributed by atoms with van der Waals surface area (Å²) in [6.45, 7) is 1.21. The van der Waals surface area contributed by atoms with Crippen molar-refractivity contribution in [3.8, 4) is 0 Å². The van der Waals surface area contributed by atoms with Crippen LogP contribution in [-0.4, -0.2) is 30.1 Å². The second kappa shape index (κ2) is 8.55. The summed E-state index contributed by atoms with van der Waals surface area (Å²) in [5.74, 6) is -4.37. The van der Waals surface area contributed by atoms with E-state index in [4.69, 9.17) is 4.74 Å². The molecule has 0 aromatic heterocycles. The van der Waals surface area contributed by atoms with Gasteiger partial charge in [-0.25, -0.2) is 18.4 Å². The Morgan fingerprint density at radius 3 is 2.32 bits per heavy atom. The van der Waals surface area contributed by atoms with Gasteiger partial charge < -0.3 is 10.1 Å². The smallest absolute Gasteiger partial charge is 0.344 e. The van der Waals surface area contributed by atoms with Gasteiger partial charge in [-0.2, -0.15) is 0 Å². The van der Waals surface area contributed by atoms with Crippen LogP contribution in [0.1, 0.15) is 49.4 Å². The van der Waals surface area contributed by atoms with E-state index in [1.54, 1.807) is 0 Å². The molecular weight excluding hydrogens is 334 g/mol. The molecule has 136 valence electrons. The number of nitrogens with one attached hydrogen (secondary N) is 2. The fourth-order valence-electron chi connectivity index (χ4n) is 2.65. The molecule has 1 aliphatic rings. The second-order valence-electron chi connectivity index (χ2n) is 5.94. The Bertz CT molecular complexity index is 640. The Kier molecular flexibility index (Phi) is 6.44. The van der Waals surface area contributed by atoms with Crippen molar-refractivity contribution in [3.63, 3.8) is 0 Å². The van der Waals surface area contributed by atoms with Gasteiger partial charge in [0.25, 0.3) is 5.91 Å². The normalized spacial score (nSPS) is 16.0. The average Bonchev–Trinajstić information content (AvgIpc) is 2.55. The number of esters is 1. The summed E-state index contributed by atoms with van der Waals surface area (Å²) >= 11 is 0. The molecule has 2 N–H and O–H groups in total. The van der Waals surface area contributed by atoms with E-state index < -0.39 is 41.2 Å². The topological polar surface area (TPSA) is 84.5 Å². The molecule has 0 aliphatic heterocycles. The number of rotatable bonds is 4. The lowest BCUT2D eigenvalue weighted by molar-refractivity contribution is -0.128. The zero-order chi connectivity index (χ0) is 18.4. The lowest BCUT2D eigenvalue weighted by Crippen LogP contribution is -2.48. The van der Waals surface area contributed by atoms with E-state index in [-0.39, 0.29) is 6.04 Å². The molecule has 1 aliphatic carbocycles. The summed E-state index contributed by atoms with van der Waals surface area (Å²) in [7, 11) is 0. The maximum atomic E-state index is 13.5. The van der Waals surface area contributed by atoms with Crippen LogP contribution in [0, 0.1) is 11.6 Å². The molecule has 0 unspecified atom stereocenters. The minimum atomic E-state index is -1.39. The fraction of sp³-hybridized carbons (Fsp3) is 0.471. The number of halogens is 2. The molecule has 2 rings (SSSR count). The maximum Gasteiger partial charge on any atom is 0.344 e. The van der Waals surface area contributed by atoms with Crippen molar-refractivity contribution in [1.29, 1.82) is 0 Å². The lowest BCUT2D eigenvalue weighted by Gasteiger charge is -2.23. The highest BCUT2D eigenvalue weighted by Gasteiger charge is 2.25. The van der Waals surface area contributed by atoms with Crippen molar-refractivity contribution in [2.45, 2.75) is 51.2 Å². The maximum absolute atomic E-state index is 13.5. The standard InChI is InChI=1S/C17H20F2N2O4/c1-10(25-16(23)14-12(18)8-5-9-13(14)19)15(22)21-17(24)20-11-6-3-2-4-7-11/h5,8-11H,2-4,6-7H2,1H3,(H2,20,21,22,24)/t10-/m0/s1. The largest absolute Gasteiger partial charge is 0.449 e. The van der Waals surface area contributed by atoms with Gasteiger partial charge in [-0.3, -0.25) is 10.1 Å². The van der Waals surface area contributed by atoms with Crippen molar-refractivity contribution in [2.75, 3.05) is 0 Å². The van der Waals surface area contributed by atoms with Gasteiger partial charge in [0.15, 0.2) is 6.10 Å². The van der Waals surface area contributed by atoms with Crippen LogP contribution in [0.4, 0.5) is 13.6 Å². The Morgan fingerprint density at radius 2 is 1.72 bits per heavy atom. The van der Waals surface area contributed by atoms with Gasteiger partial charge in [0, 0.05) is 6.04 Å². The number of hydrogen-bond acceptors (Lipinski definition) is 4. The summed E-state index contributed by atoms with van der Waals surface area (Å²) in [6.07, 6.45) is 3.46. The van der Waals surface area contributed by atoms with Crippen molar-refractivity contribution in [1.82, 2.24) is 10.6 Å². The zero-order valence-corrected chi connectivity index (χ0v) is 13.8. The number of imide groups is 1. The third-order valence-electron chi connectivity index (χ3n) is 4.00. The summed E-state index contributed by atoms with van der Waals surface area (Å²) in [5.41, 5.74) is -0.881. The van der Waals surface area contributed by atoms with Gasteiger partial charge in [-0.15, -0.1) is 0 Å². The van der Waals surface area contributed by atoms with E-state index in [0.29, 0.717) is 0 Å². The van der Waals surface area contributed by atoms with E-state index >= 15 is 0 Å². The first-order valence-electron chi connectivity index (χ1n) is 8.15. The van der Waals surface area contributed by atoms with Crippen LogP contribution < -0.4 is 10.6 Å². The summed E-state index contributed by atoms with van der Waals surface area (Å²) in [6, 6.07) is 2.24. The number of carbonyl (C=O) groups excluding carboxylic acids is 3. The molecule has 1 saturated carbocycles. The van der Waals surface area contributed by atoms with Gasteiger partial charge in [-0.1, -0.05) is 25.3 Å². The van der Waals surface area contributed by atoms with Gasteiger partial charge in [0.1, 0.15) is 17.2 Å². The Hall–Kier alpha value is -2.51. The van der Waals surface area contributed by atoms with E-state index in [9.17, 15) is 23.2 Å². The molecular formula is C17H20F2N2O4. The SMILES string of the molecule is C[C@H](OC(=O)c1c(F)cccc1F)C(=O)NC(=O)NC1CCCCC1. The molecule has 0 heterocycles. The minimum Gasteiger partial charge on any atom is -0.449 e. The molecule has 1 fully saturated rings. The van der Waals surface area contributed by atoms with Crippen LogP contribution in [0.25, 0.3) is 0 Å². The number of hydrogen-bond donors (Lipinski definition) is 2. The Labute approximate surface area is 143 Å². The number of carbonyl (C=O) groups is 3. The van der Waals surface area contributed by atoms with Crippen LogP contribution in [0.15, 0.2) is 18.2 Å². The van der Waals surface area contributed by atoms with E-state index in [1.165, 1.54) is 6.92 Å². The zero-order valence-electron chi connectivity index (χ0n) is 13.8. The molecule has 0 spiro atoms. The molecule has 25 heavy (non-hydrogen) atoms. The molecule has 1 aromatic carbocycles. The highest BCUT2D eigenvalue weighted by atomic mass is 19.1. The predicted molar refractivity (Wildman–Crippen MR) is 84.8 cm³/mol. The van der Waals surface area contributed by atoms with Crippen molar-refractivity contribution in [3.05, 3.63) is 35.4 Å². The lowest BCUT2D eigenvalue weighted by atomic mass is 9.96. The van der Waals surface area contributed by atoms with E-state index in [2.05, 4.69) is 10.6 Å². The van der Waals surface area contributed by atoms with Gasteiger partial charge in [0.2, 0.25) is 0 Å². The first kappa shape index (κ1) is 18.8. The molecule has 0 saturated heterocycles.